The summed E-state index contributed by atoms with van der Waals surface area (Å²) in [6, 6.07) is 7.72. The van der Waals surface area contributed by atoms with Crippen LogP contribution in [-0.2, 0) is 4.79 Å². The van der Waals surface area contributed by atoms with Gasteiger partial charge in [0, 0.05) is 22.5 Å². The number of rotatable bonds is 5. The SMILES string of the molecule is C=C(/C=C\C(=C/C)C(=O)Nc1ccc(C)cc1)NC(C)(C)C. The molecule has 0 aliphatic heterocycles. The van der Waals surface area contributed by atoms with Crippen molar-refractivity contribution in [3.05, 3.63) is 65.9 Å². The highest BCUT2D eigenvalue weighted by Gasteiger charge is 2.09. The molecule has 0 unspecified atom stereocenters. The van der Waals surface area contributed by atoms with Crippen LogP contribution in [0, 0.1) is 6.92 Å². The van der Waals surface area contributed by atoms with Crippen molar-refractivity contribution in [1.82, 2.24) is 5.32 Å². The number of nitrogens with one attached hydrogen (secondary N) is 2. The highest BCUT2D eigenvalue weighted by atomic mass is 16.1. The summed E-state index contributed by atoms with van der Waals surface area (Å²) in [4.78, 5) is 12.2. The Balaban J connectivity index is 2.69. The first-order valence-corrected chi connectivity index (χ1v) is 7.41. The Hall–Kier alpha value is -2.29. The fourth-order valence-corrected chi connectivity index (χ4v) is 1.86. The predicted molar refractivity (Wildman–Crippen MR) is 94.7 cm³/mol. The van der Waals surface area contributed by atoms with Gasteiger partial charge >= 0.3 is 0 Å². The summed E-state index contributed by atoms with van der Waals surface area (Å²) < 4.78 is 0. The lowest BCUT2D eigenvalue weighted by Crippen LogP contribution is -2.34. The first-order chi connectivity index (χ1) is 10.2. The number of carbonyl (C=O) groups is 1. The molecule has 1 aromatic carbocycles. The molecule has 0 saturated heterocycles. The van der Waals surface area contributed by atoms with E-state index in [0.29, 0.717) is 5.57 Å². The summed E-state index contributed by atoms with van der Waals surface area (Å²) in [6.07, 6.45) is 5.37. The van der Waals surface area contributed by atoms with E-state index < -0.39 is 0 Å². The third-order valence-corrected chi connectivity index (χ3v) is 2.88. The molecule has 0 aliphatic rings. The van der Waals surface area contributed by atoms with E-state index in [1.807, 2.05) is 44.2 Å². The monoisotopic (exact) mass is 298 g/mol. The first kappa shape index (κ1) is 17.8. The Morgan fingerprint density at radius 1 is 1.14 bits per heavy atom. The molecule has 2 N–H and O–H groups in total. The summed E-state index contributed by atoms with van der Waals surface area (Å²) in [7, 11) is 0. The molecular formula is C19H26N2O. The van der Waals surface area contributed by atoms with Gasteiger partial charge in [0.05, 0.1) is 0 Å². The fourth-order valence-electron chi connectivity index (χ4n) is 1.86. The van der Waals surface area contributed by atoms with Crippen molar-refractivity contribution in [2.24, 2.45) is 0 Å². The summed E-state index contributed by atoms with van der Waals surface area (Å²) in [6.45, 7) is 14.0. The van der Waals surface area contributed by atoms with Crippen molar-refractivity contribution in [3.8, 4) is 0 Å². The summed E-state index contributed by atoms with van der Waals surface area (Å²) in [5.74, 6) is -0.133. The second kappa shape index (κ2) is 7.64. The van der Waals surface area contributed by atoms with Crippen LogP contribution in [0.1, 0.15) is 33.3 Å². The maximum absolute atomic E-state index is 12.2. The van der Waals surface area contributed by atoms with Gasteiger partial charge in [0.25, 0.3) is 5.91 Å². The number of amides is 1. The molecule has 0 heterocycles. The van der Waals surface area contributed by atoms with Crippen LogP contribution in [0.3, 0.4) is 0 Å². The molecular weight excluding hydrogens is 272 g/mol. The number of hydrogen-bond acceptors (Lipinski definition) is 2. The minimum atomic E-state index is -0.133. The van der Waals surface area contributed by atoms with Gasteiger partial charge in [0.2, 0.25) is 0 Å². The van der Waals surface area contributed by atoms with E-state index in [9.17, 15) is 4.79 Å². The van der Waals surface area contributed by atoms with Crippen LogP contribution in [0.5, 0.6) is 0 Å². The Labute approximate surface area is 133 Å². The lowest BCUT2D eigenvalue weighted by Gasteiger charge is -2.22. The van der Waals surface area contributed by atoms with Gasteiger partial charge in [-0.3, -0.25) is 4.79 Å². The lowest BCUT2D eigenvalue weighted by molar-refractivity contribution is -0.112. The molecule has 0 aliphatic carbocycles. The zero-order valence-electron chi connectivity index (χ0n) is 14.2. The molecule has 1 amide bonds. The zero-order chi connectivity index (χ0) is 16.8. The van der Waals surface area contributed by atoms with Crippen molar-refractivity contribution in [2.75, 3.05) is 5.32 Å². The number of carbonyl (C=O) groups excluding carboxylic acids is 1. The number of benzene rings is 1. The second-order valence-electron chi connectivity index (χ2n) is 6.30. The van der Waals surface area contributed by atoms with Crippen LogP contribution in [0.2, 0.25) is 0 Å². The van der Waals surface area contributed by atoms with Gasteiger partial charge in [-0.2, -0.15) is 0 Å². The van der Waals surface area contributed by atoms with Crippen LogP contribution in [0.4, 0.5) is 5.69 Å². The molecule has 0 atom stereocenters. The number of anilines is 1. The third kappa shape index (κ3) is 6.44. The number of aryl methyl sites for hydroxylation is 1. The van der Waals surface area contributed by atoms with Gasteiger partial charge in [-0.25, -0.2) is 0 Å². The van der Waals surface area contributed by atoms with E-state index in [1.54, 1.807) is 12.2 Å². The molecule has 3 heteroatoms. The topological polar surface area (TPSA) is 41.1 Å². The van der Waals surface area contributed by atoms with E-state index >= 15 is 0 Å². The Morgan fingerprint density at radius 3 is 2.23 bits per heavy atom. The van der Waals surface area contributed by atoms with E-state index in [2.05, 4.69) is 38.0 Å². The van der Waals surface area contributed by atoms with Gasteiger partial charge in [-0.05, 0) is 58.9 Å². The Bertz CT molecular complexity index is 587. The van der Waals surface area contributed by atoms with E-state index in [1.165, 1.54) is 0 Å². The van der Waals surface area contributed by atoms with E-state index in [0.717, 1.165) is 16.9 Å². The lowest BCUT2D eigenvalue weighted by atomic mass is 10.1. The van der Waals surface area contributed by atoms with Crippen molar-refractivity contribution < 1.29 is 4.79 Å². The minimum absolute atomic E-state index is 0.0539. The predicted octanol–water partition coefficient (Wildman–Crippen LogP) is 4.34. The summed E-state index contributed by atoms with van der Waals surface area (Å²) in [5, 5.41) is 6.14. The molecule has 1 rings (SSSR count). The Kier molecular flexibility index (Phi) is 6.17. The molecule has 0 saturated carbocycles. The van der Waals surface area contributed by atoms with Gasteiger partial charge < -0.3 is 10.6 Å². The molecule has 0 aromatic heterocycles. The maximum Gasteiger partial charge on any atom is 0.255 e. The standard InChI is InChI=1S/C19H26N2O/c1-7-16(11-10-15(3)21-19(4,5)6)18(22)20-17-12-8-14(2)9-13-17/h7-13,21H,3H2,1-2,4-6H3,(H,20,22)/b11-10-,16-7+. The number of allylic oxidation sites excluding steroid dienone is 2. The van der Waals surface area contributed by atoms with Crippen LogP contribution in [0.15, 0.2) is 60.3 Å². The largest absolute Gasteiger partial charge is 0.381 e. The van der Waals surface area contributed by atoms with Crippen molar-refractivity contribution >= 4 is 11.6 Å². The average Bonchev–Trinajstić information content (AvgIpc) is 2.40. The van der Waals surface area contributed by atoms with Crippen LogP contribution in [-0.4, -0.2) is 11.4 Å². The molecule has 22 heavy (non-hydrogen) atoms. The highest BCUT2D eigenvalue weighted by molar-refractivity contribution is 6.05. The zero-order valence-corrected chi connectivity index (χ0v) is 14.2. The van der Waals surface area contributed by atoms with Crippen molar-refractivity contribution in [3.63, 3.8) is 0 Å². The first-order valence-electron chi connectivity index (χ1n) is 7.41. The van der Waals surface area contributed by atoms with E-state index in [-0.39, 0.29) is 11.4 Å². The second-order valence-corrected chi connectivity index (χ2v) is 6.30. The quantitative estimate of drug-likeness (QED) is 0.627. The molecule has 1 aromatic rings. The van der Waals surface area contributed by atoms with Crippen molar-refractivity contribution in [1.29, 1.82) is 0 Å². The van der Waals surface area contributed by atoms with E-state index in [4.69, 9.17) is 0 Å². The van der Waals surface area contributed by atoms with Gasteiger partial charge in [0.15, 0.2) is 0 Å². The minimum Gasteiger partial charge on any atom is -0.381 e. The van der Waals surface area contributed by atoms with Crippen molar-refractivity contribution in [2.45, 2.75) is 40.2 Å². The van der Waals surface area contributed by atoms with Crippen LogP contribution in [0.25, 0.3) is 0 Å². The molecule has 0 fully saturated rings. The average molecular weight is 298 g/mol. The highest BCUT2D eigenvalue weighted by Crippen LogP contribution is 2.11. The number of hydrogen-bond donors (Lipinski definition) is 2. The molecule has 3 nitrogen and oxygen atoms in total. The maximum atomic E-state index is 12.2. The van der Waals surface area contributed by atoms with Gasteiger partial charge in [-0.1, -0.05) is 30.4 Å². The summed E-state index contributed by atoms with van der Waals surface area (Å²) >= 11 is 0. The third-order valence-electron chi connectivity index (χ3n) is 2.88. The fraction of sp³-hybridized carbons (Fsp3) is 0.316. The normalized spacial score (nSPS) is 12.3. The summed E-state index contributed by atoms with van der Waals surface area (Å²) in [5.41, 5.74) is 3.26. The molecule has 0 spiro atoms. The van der Waals surface area contributed by atoms with Crippen LogP contribution < -0.4 is 10.6 Å². The smallest absolute Gasteiger partial charge is 0.255 e. The van der Waals surface area contributed by atoms with Gasteiger partial charge in [-0.15, -0.1) is 0 Å². The van der Waals surface area contributed by atoms with Gasteiger partial charge in [0.1, 0.15) is 0 Å². The molecule has 0 radical (unpaired) electrons. The molecule has 0 bridgehead atoms. The Morgan fingerprint density at radius 2 is 1.73 bits per heavy atom. The molecule has 118 valence electrons. The van der Waals surface area contributed by atoms with Crippen LogP contribution >= 0.6 is 0 Å².